The number of carbonyl (C=O) groups is 1. The molecule has 0 atom stereocenters. The summed E-state index contributed by atoms with van der Waals surface area (Å²) in [7, 11) is 0. The molecule has 0 unspecified atom stereocenters. The first-order chi connectivity index (χ1) is 10.8. The van der Waals surface area contributed by atoms with Crippen LogP contribution in [-0.4, -0.2) is 22.9 Å². The summed E-state index contributed by atoms with van der Waals surface area (Å²) in [6, 6.07) is 3.97. The summed E-state index contributed by atoms with van der Waals surface area (Å²) in [6.07, 6.45) is 12.2. The van der Waals surface area contributed by atoms with Crippen molar-refractivity contribution < 1.29 is 4.79 Å². The van der Waals surface area contributed by atoms with Gasteiger partial charge < -0.3 is 5.32 Å². The van der Waals surface area contributed by atoms with Crippen LogP contribution in [0.25, 0.3) is 10.6 Å². The molecule has 2 aromatic rings. The Balaban J connectivity index is 0.000000239. The Morgan fingerprint density at radius 3 is 2.55 bits per heavy atom. The molecule has 4 nitrogen and oxygen atoms in total. The maximum atomic E-state index is 9.73. The second-order valence-corrected chi connectivity index (χ2v) is 5.97. The SMILES string of the molecule is CCCCCCNC=O.CCc1cnc(-c2ccncc2)s1. The number of hydrogen-bond donors (Lipinski definition) is 1. The quantitative estimate of drug-likeness (QED) is 0.589. The highest BCUT2D eigenvalue weighted by molar-refractivity contribution is 7.15. The monoisotopic (exact) mass is 319 g/mol. The number of nitrogens with one attached hydrogen (secondary N) is 1. The van der Waals surface area contributed by atoms with E-state index in [2.05, 4.69) is 29.1 Å². The van der Waals surface area contributed by atoms with Crippen LogP contribution in [0.2, 0.25) is 0 Å². The van der Waals surface area contributed by atoms with E-state index in [4.69, 9.17) is 0 Å². The van der Waals surface area contributed by atoms with E-state index in [1.54, 1.807) is 23.7 Å². The molecule has 0 saturated heterocycles. The van der Waals surface area contributed by atoms with Gasteiger partial charge in [0.15, 0.2) is 0 Å². The molecule has 2 aromatic heterocycles. The van der Waals surface area contributed by atoms with E-state index >= 15 is 0 Å². The van der Waals surface area contributed by atoms with Gasteiger partial charge in [-0.3, -0.25) is 9.78 Å². The lowest BCUT2D eigenvalue weighted by Gasteiger charge is -1.96. The van der Waals surface area contributed by atoms with E-state index in [0.29, 0.717) is 0 Å². The second-order valence-electron chi connectivity index (χ2n) is 4.85. The van der Waals surface area contributed by atoms with Crippen molar-refractivity contribution in [1.82, 2.24) is 15.3 Å². The van der Waals surface area contributed by atoms with Gasteiger partial charge in [-0.2, -0.15) is 0 Å². The first kappa shape index (κ1) is 18.3. The number of aromatic nitrogens is 2. The Morgan fingerprint density at radius 2 is 1.95 bits per heavy atom. The number of nitrogens with zero attached hydrogens (tertiary/aromatic N) is 2. The third-order valence-corrected chi connectivity index (χ3v) is 4.28. The van der Waals surface area contributed by atoms with Gasteiger partial charge in [-0.1, -0.05) is 33.1 Å². The summed E-state index contributed by atoms with van der Waals surface area (Å²) in [5.41, 5.74) is 1.15. The summed E-state index contributed by atoms with van der Waals surface area (Å²) < 4.78 is 0. The molecule has 5 heteroatoms. The predicted molar refractivity (Wildman–Crippen MR) is 92.9 cm³/mol. The van der Waals surface area contributed by atoms with Gasteiger partial charge in [0.2, 0.25) is 6.41 Å². The van der Waals surface area contributed by atoms with E-state index < -0.39 is 0 Å². The van der Waals surface area contributed by atoms with Gasteiger partial charge in [0, 0.05) is 35.6 Å². The van der Waals surface area contributed by atoms with Gasteiger partial charge in [0.05, 0.1) is 0 Å². The highest BCUT2D eigenvalue weighted by Crippen LogP contribution is 2.24. The molecule has 0 bridgehead atoms. The van der Waals surface area contributed by atoms with Crippen LogP contribution in [0.1, 0.15) is 44.4 Å². The van der Waals surface area contributed by atoms with E-state index in [1.165, 1.54) is 24.1 Å². The van der Waals surface area contributed by atoms with Gasteiger partial charge in [0.25, 0.3) is 0 Å². The van der Waals surface area contributed by atoms with E-state index in [1.807, 2.05) is 18.3 Å². The molecule has 2 rings (SSSR count). The van der Waals surface area contributed by atoms with Crippen LogP contribution in [0.5, 0.6) is 0 Å². The molecule has 0 aliphatic heterocycles. The van der Waals surface area contributed by atoms with Crippen molar-refractivity contribution in [1.29, 1.82) is 0 Å². The third kappa shape index (κ3) is 7.31. The molecule has 0 fully saturated rings. The molecule has 22 heavy (non-hydrogen) atoms. The van der Waals surface area contributed by atoms with E-state index in [-0.39, 0.29) is 0 Å². The Morgan fingerprint density at radius 1 is 1.18 bits per heavy atom. The summed E-state index contributed by atoms with van der Waals surface area (Å²) >= 11 is 1.75. The molecule has 1 N–H and O–H groups in total. The molecule has 1 amide bonds. The Kier molecular flexibility index (Phi) is 9.87. The molecule has 0 saturated carbocycles. The summed E-state index contributed by atoms with van der Waals surface area (Å²) in [5, 5.41) is 3.71. The number of carbonyl (C=O) groups excluding carboxylic acids is 1. The maximum absolute atomic E-state index is 9.73. The number of amides is 1. The number of pyridine rings is 1. The standard InChI is InChI=1S/C10H10N2S.C7H15NO/c1-2-9-7-12-10(13-9)8-3-5-11-6-4-8;1-2-3-4-5-6-8-7-9/h3-7H,2H2,1H3;7H,2-6H2,1H3,(H,8,9). The van der Waals surface area contributed by atoms with Gasteiger partial charge in [-0.25, -0.2) is 4.98 Å². The van der Waals surface area contributed by atoms with Crippen LogP contribution >= 0.6 is 11.3 Å². The fourth-order valence-corrected chi connectivity index (χ4v) is 2.67. The molecule has 0 aliphatic carbocycles. The fourth-order valence-electron chi connectivity index (χ4n) is 1.81. The Bertz CT molecular complexity index is 514. The van der Waals surface area contributed by atoms with Crippen molar-refractivity contribution in [2.24, 2.45) is 0 Å². The van der Waals surface area contributed by atoms with Gasteiger partial charge in [-0.05, 0) is 25.0 Å². The van der Waals surface area contributed by atoms with Crippen LogP contribution in [0.3, 0.4) is 0 Å². The van der Waals surface area contributed by atoms with Crippen molar-refractivity contribution in [3.63, 3.8) is 0 Å². The largest absolute Gasteiger partial charge is 0.359 e. The zero-order chi connectivity index (χ0) is 16.0. The second kappa shape index (κ2) is 11.9. The summed E-state index contributed by atoms with van der Waals surface area (Å²) in [6.45, 7) is 5.15. The lowest BCUT2D eigenvalue weighted by Crippen LogP contribution is -2.11. The minimum atomic E-state index is 0.756. The molecule has 0 aliphatic rings. The highest BCUT2D eigenvalue weighted by atomic mass is 32.1. The minimum absolute atomic E-state index is 0.756. The van der Waals surface area contributed by atoms with Gasteiger partial charge in [-0.15, -0.1) is 11.3 Å². The first-order valence-electron chi connectivity index (χ1n) is 7.83. The lowest BCUT2D eigenvalue weighted by molar-refractivity contribution is -0.109. The molecule has 0 spiro atoms. The topological polar surface area (TPSA) is 54.9 Å². The highest BCUT2D eigenvalue weighted by Gasteiger charge is 2.01. The summed E-state index contributed by atoms with van der Waals surface area (Å²) in [5.74, 6) is 0. The normalized spacial score (nSPS) is 9.73. The number of rotatable bonds is 8. The number of aryl methyl sites for hydroxylation is 1. The zero-order valence-electron chi connectivity index (χ0n) is 13.4. The van der Waals surface area contributed by atoms with Gasteiger partial charge in [0.1, 0.15) is 5.01 Å². The molecular weight excluding hydrogens is 294 g/mol. The molecule has 0 aromatic carbocycles. The van der Waals surface area contributed by atoms with Crippen LogP contribution in [0.4, 0.5) is 0 Å². The van der Waals surface area contributed by atoms with Crippen LogP contribution in [0, 0.1) is 0 Å². The van der Waals surface area contributed by atoms with Gasteiger partial charge >= 0.3 is 0 Å². The van der Waals surface area contributed by atoms with Crippen LogP contribution in [-0.2, 0) is 11.2 Å². The Hall–Kier alpha value is -1.75. The number of hydrogen-bond acceptors (Lipinski definition) is 4. The maximum Gasteiger partial charge on any atom is 0.207 e. The Labute approximate surface area is 137 Å². The van der Waals surface area contributed by atoms with Crippen molar-refractivity contribution >= 4 is 17.7 Å². The third-order valence-electron chi connectivity index (χ3n) is 3.09. The summed E-state index contributed by atoms with van der Waals surface area (Å²) in [4.78, 5) is 19.4. The van der Waals surface area contributed by atoms with Crippen molar-refractivity contribution in [3.8, 4) is 10.6 Å². The van der Waals surface area contributed by atoms with E-state index in [0.717, 1.165) is 36.4 Å². The lowest BCUT2D eigenvalue weighted by atomic mass is 10.2. The first-order valence-corrected chi connectivity index (χ1v) is 8.65. The fraction of sp³-hybridized carbons (Fsp3) is 0.471. The predicted octanol–water partition coefficient (Wildman–Crippen LogP) is 4.08. The minimum Gasteiger partial charge on any atom is -0.359 e. The average Bonchev–Trinajstić information content (AvgIpc) is 3.05. The van der Waals surface area contributed by atoms with Crippen molar-refractivity contribution in [3.05, 3.63) is 35.6 Å². The van der Waals surface area contributed by atoms with E-state index in [9.17, 15) is 4.79 Å². The molecule has 120 valence electrons. The average molecular weight is 319 g/mol. The number of thiazole rings is 1. The van der Waals surface area contributed by atoms with Crippen molar-refractivity contribution in [2.75, 3.05) is 6.54 Å². The molecule has 2 heterocycles. The molecule has 0 radical (unpaired) electrons. The molecular formula is C17H25N3OS. The van der Waals surface area contributed by atoms with Crippen LogP contribution < -0.4 is 5.32 Å². The van der Waals surface area contributed by atoms with Crippen molar-refractivity contribution in [2.45, 2.75) is 46.0 Å². The smallest absolute Gasteiger partial charge is 0.207 e. The number of unbranched alkanes of at least 4 members (excludes halogenated alkanes) is 3. The zero-order valence-corrected chi connectivity index (χ0v) is 14.2. The van der Waals surface area contributed by atoms with Crippen LogP contribution in [0.15, 0.2) is 30.7 Å².